The molecule has 0 bridgehead atoms. The van der Waals surface area contributed by atoms with Gasteiger partial charge in [0.25, 0.3) is 0 Å². The van der Waals surface area contributed by atoms with E-state index in [9.17, 15) is 9.90 Å². The van der Waals surface area contributed by atoms with Crippen molar-refractivity contribution in [3.05, 3.63) is 29.8 Å². The standard InChI is InChI=1S/C21H36N4O2/c1-4-8-17(12-13-26)15-23-21(22-6-3)24-16-18-10-7-11-19(14-18)25-20(27)9-5-2/h7,10-11,14,17,26H,4-6,8-9,12-13,15-16H2,1-3H3,(H,25,27)(H2,22,23,24). The van der Waals surface area contributed by atoms with Crippen molar-refractivity contribution in [2.45, 2.75) is 59.4 Å². The topological polar surface area (TPSA) is 85.8 Å². The Morgan fingerprint density at radius 1 is 1.15 bits per heavy atom. The van der Waals surface area contributed by atoms with Gasteiger partial charge in [-0.3, -0.25) is 4.79 Å². The lowest BCUT2D eigenvalue weighted by atomic mass is 10.0. The molecule has 0 heterocycles. The number of aliphatic imine (C=N–C) groups is 1. The third-order valence-corrected chi connectivity index (χ3v) is 4.24. The van der Waals surface area contributed by atoms with Gasteiger partial charge >= 0.3 is 0 Å². The number of carbonyl (C=O) groups is 1. The van der Waals surface area contributed by atoms with E-state index >= 15 is 0 Å². The number of aliphatic hydroxyl groups excluding tert-OH is 1. The predicted molar refractivity (Wildman–Crippen MR) is 113 cm³/mol. The smallest absolute Gasteiger partial charge is 0.224 e. The lowest BCUT2D eigenvalue weighted by Gasteiger charge is -2.18. The first-order valence-electron chi connectivity index (χ1n) is 10.1. The molecular weight excluding hydrogens is 340 g/mol. The van der Waals surface area contributed by atoms with Crippen molar-refractivity contribution < 1.29 is 9.90 Å². The third-order valence-electron chi connectivity index (χ3n) is 4.24. The van der Waals surface area contributed by atoms with E-state index in [0.717, 1.165) is 56.0 Å². The van der Waals surface area contributed by atoms with E-state index < -0.39 is 0 Å². The van der Waals surface area contributed by atoms with Crippen molar-refractivity contribution in [1.82, 2.24) is 10.6 Å². The molecule has 0 aliphatic carbocycles. The molecule has 1 aromatic rings. The molecule has 0 spiro atoms. The van der Waals surface area contributed by atoms with Crippen molar-refractivity contribution in [3.8, 4) is 0 Å². The monoisotopic (exact) mass is 376 g/mol. The first kappa shape index (κ1) is 23.0. The Morgan fingerprint density at radius 3 is 2.63 bits per heavy atom. The van der Waals surface area contributed by atoms with Gasteiger partial charge in [-0.2, -0.15) is 0 Å². The van der Waals surface area contributed by atoms with Gasteiger partial charge in [-0.25, -0.2) is 4.99 Å². The normalized spacial score (nSPS) is 12.5. The number of nitrogens with zero attached hydrogens (tertiary/aromatic N) is 1. The molecule has 0 saturated carbocycles. The van der Waals surface area contributed by atoms with Crippen LogP contribution in [0.1, 0.15) is 58.4 Å². The van der Waals surface area contributed by atoms with Crippen LogP contribution >= 0.6 is 0 Å². The highest BCUT2D eigenvalue weighted by Gasteiger charge is 2.08. The van der Waals surface area contributed by atoms with Crippen molar-refractivity contribution in [2.75, 3.05) is 25.0 Å². The second-order valence-electron chi connectivity index (χ2n) is 6.74. The first-order valence-corrected chi connectivity index (χ1v) is 10.1. The summed E-state index contributed by atoms with van der Waals surface area (Å²) < 4.78 is 0. The lowest BCUT2D eigenvalue weighted by Crippen LogP contribution is -2.40. The number of amides is 1. The van der Waals surface area contributed by atoms with Gasteiger partial charge in [0, 0.05) is 31.8 Å². The number of rotatable bonds is 12. The zero-order chi connectivity index (χ0) is 19.9. The van der Waals surface area contributed by atoms with E-state index in [4.69, 9.17) is 0 Å². The van der Waals surface area contributed by atoms with Crippen LogP contribution in [0.25, 0.3) is 0 Å². The number of benzene rings is 1. The quantitative estimate of drug-likeness (QED) is 0.333. The highest BCUT2D eigenvalue weighted by Crippen LogP contribution is 2.12. The summed E-state index contributed by atoms with van der Waals surface area (Å²) in [6.45, 7) is 8.53. The summed E-state index contributed by atoms with van der Waals surface area (Å²) in [5.74, 6) is 1.26. The van der Waals surface area contributed by atoms with Gasteiger partial charge in [0.05, 0.1) is 6.54 Å². The maximum Gasteiger partial charge on any atom is 0.224 e. The Morgan fingerprint density at radius 2 is 1.96 bits per heavy atom. The highest BCUT2D eigenvalue weighted by molar-refractivity contribution is 5.90. The number of carbonyl (C=O) groups excluding carboxylic acids is 1. The van der Waals surface area contributed by atoms with Gasteiger partial charge in [0.15, 0.2) is 5.96 Å². The largest absolute Gasteiger partial charge is 0.396 e. The van der Waals surface area contributed by atoms with Crippen LogP contribution in [-0.2, 0) is 11.3 Å². The van der Waals surface area contributed by atoms with Crippen LogP contribution in [0.5, 0.6) is 0 Å². The number of anilines is 1. The predicted octanol–water partition coefficient (Wildman–Crippen LogP) is 3.28. The molecule has 1 unspecified atom stereocenters. The zero-order valence-corrected chi connectivity index (χ0v) is 17.1. The average Bonchev–Trinajstić information content (AvgIpc) is 2.64. The van der Waals surface area contributed by atoms with Gasteiger partial charge < -0.3 is 21.1 Å². The number of hydrogen-bond donors (Lipinski definition) is 4. The number of nitrogens with one attached hydrogen (secondary N) is 3. The maximum atomic E-state index is 11.8. The van der Waals surface area contributed by atoms with Crippen LogP contribution in [0.3, 0.4) is 0 Å². The van der Waals surface area contributed by atoms with Crippen LogP contribution in [0.2, 0.25) is 0 Å². The Labute approximate surface area is 163 Å². The van der Waals surface area contributed by atoms with E-state index in [1.165, 1.54) is 0 Å². The third kappa shape index (κ3) is 9.99. The molecule has 6 heteroatoms. The summed E-state index contributed by atoms with van der Waals surface area (Å²) in [6.07, 6.45) is 4.37. The first-order chi connectivity index (χ1) is 13.1. The van der Waals surface area contributed by atoms with Crippen molar-refractivity contribution in [1.29, 1.82) is 0 Å². The molecule has 4 N–H and O–H groups in total. The number of guanidine groups is 1. The van der Waals surface area contributed by atoms with E-state index in [1.807, 2.05) is 38.1 Å². The minimum absolute atomic E-state index is 0.0407. The molecule has 0 aliphatic rings. The molecular formula is C21H36N4O2. The molecule has 1 aromatic carbocycles. The summed E-state index contributed by atoms with van der Waals surface area (Å²) in [5, 5.41) is 18.8. The summed E-state index contributed by atoms with van der Waals surface area (Å²) in [7, 11) is 0. The molecule has 0 fully saturated rings. The zero-order valence-electron chi connectivity index (χ0n) is 17.1. The van der Waals surface area contributed by atoms with Crippen LogP contribution in [0.4, 0.5) is 5.69 Å². The molecule has 1 atom stereocenters. The van der Waals surface area contributed by atoms with Crippen LogP contribution in [0, 0.1) is 5.92 Å². The molecule has 27 heavy (non-hydrogen) atoms. The Balaban J connectivity index is 2.67. The van der Waals surface area contributed by atoms with Gasteiger partial charge in [-0.05, 0) is 49.8 Å². The molecule has 6 nitrogen and oxygen atoms in total. The molecule has 0 radical (unpaired) electrons. The van der Waals surface area contributed by atoms with Crippen molar-refractivity contribution >= 4 is 17.6 Å². The van der Waals surface area contributed by atoms with Gasteiger partial charge in [-0.1, -0.05) is 32.4 Å². The highest BCUT2D eigenvalue weighted by atomic mass is 16.3. The van der Waals surface area contributed by atoms with Gasteiger partial charge in [0.1, 0.15) is 0 Å². The maximum absolute atomic E-state index is 11.8. The minimum Gasteiger partial charge on any atom is -0.396 e. The Hall–Kier alpha value is -2.08. The summed E-state index contributed by atoms with van der Waals surface area (Å²) in [6, 6.07) is 7.81. The van der Waals surface area contributed by atoms with E-state index in [1.54, 1.807) is 0 Å². The average molecular weight is 377 g/mol. The SMILES string of the molecule is CCCC(=O)Nc1cccc(CN=C(NCC)NCC(CCC)CCO)c1. The Kier molecular flexibility index (Phi) is 11.9. The van der Waals surface area contributed by atoms with Gasteiger partial charge in [0.2, 0.25) is 5.91 Å². The molecule has 1 rings (SSSR count). The van der Waals surface area contributed by atoms with Crippen LogP contribution in [0.15, 0.2) is 29.3 Å². The van der Waals surface area contributed by atoms with E-state index in [2.05, 4.69) is 27.9 Å². The van der Waals surface area contributed by atoms with Crippen LogP contribution < -0.4 is 16.0 Å². The number of hydrogen-bond acceptors (Lipinski definition) is 3. The van der Waals surface area contributed by atoms with Crippen molar-refractivity contribution in [3.63, 3.8) is 0 Å². The summed E-state index contributed by atoms with van der Waals surface area (Å²) >= 11 is 0. The van der Waals surface area contributed by atoms with Crippen LogP contribution in [-0.4, -0.2) is 36.7 Å². The number of aliphatic hydroxyl groups is 1. The second kappa shape index (κ2) is 14.0. The fourth-order valence-electron chi connectivity index (χ4n) is 2.89. The molecule has 0 aromatic heterocycles. The van der Waals surface area contributed by atoms with Gasteiger partial charge in [-0.15, -0.1) is 0 Å². The fraction of sp³-hybridized carbons (Fsp3) is 0.619. The van der Waals surface area contributed by atoms with E-state index in [0.29, 0.717) is 18.9 Å². The lowest BCUT2D eigenvalue weighted by molar-refractivity contribution is -0.116. The molecule has 0 saturated heterocycles. The second-order valence-corrected chi connectivity index (χ2v) is 6.74. The molecule has 0 aliphatic heterocycles. The Bertz CT molecular complexity index is 569. The molecule has 1 amide bonds. The summed E-state index contributed by atoms with van der Waals surface area (Å²) in [4.78, 5) is 16.4. The van der Waals surface area contributed by atoms with Crippen molar-refractivity contribution in [2.24, 2.45) is 10.9 Å². The molecule has 152 valence electrons. The fourth-order valence-corrected chi connectivity index (χ4v) is 2.89. The minimum atomic E-state index is 0.0407. The summed E-state index contributed by atoms with van der Waals surface area (Å²) in [5.41, 5.74) is 1.85. The van der Waals surface area contributed by atoms with E-state index in [-0.39, 0.29) is 12.5 Å².